The molecule has 1 atom stereocenters. The van der Waals surface area contributed by atoms with Crippen LogP contribution in [0.1, 0.15) is 22.3 Å². The minimum Gasteiger partial charge on any atom is -0.309 e. The van der Waals surface area contributed by atoms with Crippen LogP contribution in [0.3, 0.4) is 0 Å². The van der Waals surface area contributed by atoms with Crippen molar-refractivity contribution < 1.29 is 0 Å². The summed E-state index contributed by atoms with van der Waals surface area (Å²) in [7, 11) is 0. The molecule has 0 N–H and O–H groups in total. The Kier molecular flexibility index (Phi) is 8.73. The minimum absolute atomic E-state index is 0.574. The molecule has 77 heavy (non-hydrogen) atoms. The first-order valence-corrected chi connectivity index (χ1v) is 26.6. The van der Waals surface area contributed by atoms with Crippen LogP contribution >= 0.6 is 0 Å². The van der Waals surface area contributed by atoms with E-state index in [2.05, 4.69) is 276 Å². The van der Waals surface area contributed by atoms with Gasteiger partial charge in [-0.15, -0.1) is 0 Å². The summed E-state index contributed by atoms with van der Waals surface area (Å²) in [5.74, 6) is 0.692. The van der Waals surface area contributed by atoms with E-state index >= 15 is 0 Å². The molecule has 12 aromatic carbocycles. The van der Waals surface area contributed by atoms with Crippen molar-refractivity contribution in [3.8, 4) is 67.5 Å². The lowest BCUT2D eigenvalue weighted by molar-refractivity contribution is 0.748. The number of aromatic nitrogens is 4. The van der Waals surface area contributed by atoms with Gasteiger partial charge in [0.1, 0.15) is 0 Å². The molecule has 3 aromatic heterocycles. The van der Waals surface area contributed by atoms with Gasteiger partial charge in [-0.05, 0) is 91.5 Å². The number of nitrogens with zero attached hydrogens (tertiary/aromatic N) is 4. The number of para-hydroxylation sites is 4. The maximum Gasteiger partial charge on any atom is 0.160 e. The highest BCUT2D eigenvalue weighted by Crippen LogP contribution is 2.63. The van der Waals surface area contributed by atoms with Gasteiger partial charge in [0.2, 0.25) is 0 Å². The zero-order chi connectivity index (χ0) is 50.3. The maximum absolute atomic E-state index is 5.41. The van der Waals surface area contributed by atoms with Crippen molar-refractivity contribution in [3.63, 3.8) is 0 Å². The van der Waals surface area contributed by atoms with Crippen molar-refractivity contribution in [1.29, 1.82) is 0 Å². The van der Waals surface area contributed by atoms with Crippen LogP contribution in [0.2, 0.25) is 0 Å². The average molecular weight is 977 g/mol. The molecule has 4 nitrogen and oxygen atoms in total. The molecule has 356 valence electrons. The molecule has 0 bridgehead atoms. The van der Waals surface area contributed by atoms with Crippen molar-refractivity contribution in [1.82, 2.24) is 19.1 Å². The first kappa shape index (κ1) is 42.2. The van der Waals surface area contributed by atoms with Gasteiger partial charge in [-0.3, -0.25) is 0 Å². The Balaban J connectivity index is 0.934. The Hall–Kier alpha value is -10.2. The lowest BCUT2D eigenvalue weighted by Gasteiger charge is -2.39. The van der Waals surface area contributed by atoms with Crippen molar-refractivity contribution in [2.24, 2.45) is 0 Å². The molecule has 1 unspecified atom stereocenters. The Morgan fingerprint density at radius 3 is 1.79 bits per heavy atom. The fraction of sp³-hybridized carbons (Fsp3) is 0.0137. The SMILES string of the molecule is c1ccc(-c2cc(-c3cccc(-n4c5c(-c6cccc7c6-c6ccccc6C76c7ccccc7-n7c8ccccc8c8cccc6c87)cccc5c5ccc6ccccc6c54)c3)nc(-c3ccc4ccccc4c3)n2)cc1. The highest BCUT2D eigenvalue weighted by Gasteiger charge is 2.51. The summed E-state index contributed by atoms with van der Waals surface area (Å²) in [4.78, 5) is 10.6. The Bertz CT molecular complexity index is 5000. The van der Waals surface area contributed by atoms with Crippen molar-refractivity contribution in [3.05, 3.63) is 289 Å². The van der Waals surface area contributed by atoms with Gasteiger partial charge in [0.25, 0.3) is 0 Å². The standard InChI is InChI=1S/C73H44N4/c1-2-20-47(21-3-1)64-44-65(75-72(74-64)50-39-38-45-18-4-5-22-48(45)42-50)49-23-14-24-51(43-49)76-69-52-25-7-6-19-46(52)40-41-58(69)57-30-15-29-56(70(57)76)54-28-16-34-62-68(54)59-27-8-10-32-60(59)73(62)61-33-11-13-37-67(61)77-66-36-12-9-26-53(66)55-31-17-35-63(73)71(55)77/h1-44H. The minimum atomic E-state index is -0.574. The number of benzene rings is 12. The Morgan fingerprint density at radius 1 is 0.299 bits per heavy atom. The quantitative estimate of drug-likeness (QED) is 0.172. The Labute approximate surface area is 444 Å². The molecule has 1 aliphatic heterocycles. The number of rotatable bonds is 5. The van der Waals surface area contributed by atoms with Crippen molar-refractivity contribution in [2.75, 3.05) is 0 Å². The monoisotopic (exact) mass is 976 g/mol. The second-order valence-electron chi connectivity index (χ2n) is 20.8. The Morgan fingerprint density at radius 2 is 0.896 bits per heavy atom. The van der Waals surface area contributed by atoms with Gasteiger partial charge < -0.3 is 9.13 Å². The summed E-state index contributed by atoms with van der Waals surface area (Å²) in [6.45, 7) is 0. The van der Waals surface area contributed by atoms with E-state index in [0.717, 1.165) is 39.2 Å². The molecular weight excluding hydrogens is 933 g/mol. The van der Waals surface area contributed by atoms with E-state index in [0.29, 0.717) is 5.82 Å². The first-order chi connectivity index (χ1) is 38.2. The fourth-order valence-electron chi connectivity index (χ4n) is 13.8. The van der Waals surface area contributed by atoms with Crippen LogP contribution in [0.15, 0.2) is 267 Å². The second kappa shape index (κ2) is 15.9. The van der Waals surface area contributed by atoms with E-state index < -0.39 is 5.41 Å². The third kappa shape index (κ3) is 5.81. The molecule has 1 aliphatic carbocycles. The third-order valence-electron chi connectivity index (χ3n) is 16.9. The van der Waals surface area contributed by atoms with Crippen LogP contribution in [-0.4, -0.2) is 19.1 Å². The van der Waals surface area contributed by atoms with E-state index in [1.165, 1.54) is 110 Å². The van der Waals surface area contributed by atoms with Crippen LogP contribution in [0.4, 0.5) is 0 Å². The summed E-state index contributed by atoms with van der Waals surface area (Å²) in [6, 6.07) is 98.3. The van der Waals surface area contributed by atoms with Crippen molar-refractivity contribution in [2.45, 2.75) is 5.41 Å². The number of hydrogen-bond acceptors (Lipinski definition) is 2. The van der Waals surface area contributed by atoms with E-state index in [1.807, 2.05) is 0 Å². The molecule has 0 saturated heterocycles. The summed E-state index contributed by atoms with van der Waals surface area (Å²) < 4.78 is 5.07. The molecule has 2 aliphatic rings. The summed E-state index contributed by atoms with van der Waals surface area (Å²) in [5, 5.41) is 9.71. The molecule has 0 radical (unpaired) electrons. The molecule has 4 heteroatoms. The highest BCUT2D eigenvalue weighted by atomic mass is 15.0. The first-order valence-electron chi connectivity index (χ1n) is 26.6. The van der Waals surface area contributed by atoms with Crippen LogP contribution in [0.25, 0.3) is 133 Å². The topological polar surface area (TPSA) is 35.6 Å². The third-order valence-corrected chi connectivity index (χ3v) is 16.9. The van der Waals surface area contributed by atoms with Crippen LogP contribution in [0.5, 0.6) is 0 Å². The summed E-state index contributed by atoms with van der Waals surface area (Å²) >= 11 is 0. The molecule has 0 fully saturated rings. The van der Waals surface area contributed by atoms with E-state index in [9.17, 15) is 0 Å². The van der Waals surface area contributed by atoms with Crippen LogP contribution in [-0.2, 0) is 5.41 Å². The molecular formula is C73H44N4. The lowest BCUT2D eigenvalue weighted by atomic mass is 9.65. The smallest absolute Gasteiger partial charge is 0.160 e. The number of fused-ring (bicyclic) bond motifs is 18. The summed E-state index contributed by atoms with van der Waals surface area (Å²) in [5.41, 5.74) is 21.5. The predicted octanol–water partition coefficient (Wildman–Crippen LogP) is 18.3. The van der Waals surface area contributed by atoms with E-state index in [4.69, 9.17) is 9.97 Å². The average Bonchev–Trinajstić information content (AvgIpc) is 4.29. The normalized spacial score (nSPS) is 14.3. The highest BCUT2D eigenvalue weighted by molar-refractivity contribution is 6.22. The van der Waals surface area contributed by atoms with E-state index in [-0.39, 0.29) is 0 Å². The van der Waals surface area contributed by atoms with Gasteiger partial charge in [-0.1, -0.05) is 231 Å². The summed E-state index contributed by atoms with van der Waals surface area (Å²) in [6.07, 6.45) is 0. The predicted molar refractivity (Wildman–Crippen MR) is 318 cm³/mol. The van der Waals surface area contributed by atoms with Crippen LogP contribution < -0.4 is 0 Å². The zero-order valence-corrected chi connectivity index (χ0v) is 41.7. The molecule has 0 amide bonds. The molecule has 1 spiro atoms. The van der Waals surface area contributed by atoms with E-state index in [1.54, 1.807) is 0 Å². The maximum atomic E-state index is 5.41. The second-order valence-corrected chi connectivity index (χ2v) is 20.8. The van der Waals surface area contributed by atoms with Gasteiger partial charge in [0.05, 0.1) is 44.6 Å². The fourth-order valence-corrected chi connectivity index (χ4v) is 13.8. The molecule has 0 saturated carbocycles. The van der Waals surface area contributed by atoms with Crippen LogP contribution in [0, 0.1) is 0 Å². The van der Waals surface area contributed by atoms with Gasteiger partial charge in [0, 0.05) is 54.9 Å². The molecule has 4 heterocycles. The number of hydrogen-bond donors (Lipinski definition) is 0. The molecule has 15 aromatic rings. The zero-order valence-electron chi connectivity index (χ0n) is 41.7. The van der Waals surface area contributed by atoms with Gasteiger partial charge >= 0.3 is 0 Å². The largest absolute Gasteiger partial charge is 0.309 e. The van der Waals surface area contributed by atoms with Crippen molar-refractivity contribution >= 4 is 65.2 Å². The van der Waals surface area contributed by atoms with Gasteiger partial charge in [-0.25, -0.2) is 9.97 Å². The van der Waals surface area contributed by atoms with Gasteiger partial charge in [0.15, 0.2) is 5.82 Å². The molecule has 17 rings (SSSR count). The lowest BCUT2D eigenvalue weighted by Crippen LogP contribution is -2.33. The van der Waals surface area contributed by atoms with Gasteiger partial charge in [-0.2, -0.15) is 0 Å².